The molecule has 3 aromatic rings. The lowest BCUT2D eigenvalue weighted by molar-refractivity contribution is -0.384. The Bertz CT molecular complexity index is 1370. The molecule has 1 aromatic carbocycles. The average molecular weight is 527 g/mol. The standard InChI is InChI=1S/C25H26N4O5S2/c1-25(2,3)13-8-9-15-19(12-13)36-23(20(15)21(26)30)28-24(35)27-22(31)18-11-10-17(34-18)14-6-4-5-7-16(14)29(32)33/h4-7,10-11,13H,8-9,12H2,1-3H3,(H2,26,30)(H2,27,28,31,35)/t13-/m1/s1. The van der Waals surface area contributed by atoms with Crippen molar-refractivity contribution >= 4 is 51.2 Å². The van der Waals surface area contributed by atoms with Crippen molar-refractivity contribution in [3.8, 4) is 11.3 Å². The molecule has 0 spiro atoms. The Morgan fingerprint density at radius 3 is 2.61 bits per heavy atom. The highest BCUT2D eigenvalue weighted by Crippen LogP contribution is 2.44. The molecule has 0 fully saturated rings. The Kier molecular flexibility index (Phi) is 6.96. The summed E-state index contributed by atoms with van der Waals surface area (Å²) in [6.07, 6.45) is 2.58. The van der Waals surface area contributed by atoms with E-state index in [0.29, 0.717) is 16.5 Å². The van der Waals surface area contributed by atoms with E-state index in [0.717, 1.165) is 29.7 Å². The molecule has 9 nitrogen and oxygen atoms in total. The van der Waals surface area contributed by atoms with Gasteiger partial charge in [-0.15, -0.1) is 11.3 Å². The molecular weight excluding hydrogens is 500 g/mol. The number of para-hydroxylation sites is 1. The van der Waals surface area contributed by atoms with Crippen molar-refractivity contribution < 1.29 is 18.9 Å². The number of primary amides is 1. The van der Waals surface area contributed by atoms with Crippen molar-refractivity contribution in [1.29, 1.82) is 0 Å². The first kappa shape index (κ1) is 25.5. The highest BCUT2D eigenvalue weighted by atomic mass is 32.1. The molecule has 0 bridgehead atoms. The average Bonchev–Trinajstić information content (AvgIpc) is 3.42. The fraction of sp³-hybridized carbons (Fsp3) is 0.320. The molecule has 2 amide bonds. The Balaban J connectivity index is 1.49. The van der Waals surface area contributed by atoms with Crippen LogP contribution in [0.5, 0.6) is 0 Å². The molecule has 1 aliphatic rings. The minimum Gasteiger partial charge on any atom is -0.451 e. The van der Waals surface area contributed by atoms with Gasteiger partial charge in [-0.2, -0.15) is 0 Å². The molecule has 1 aliphatic carbocycles. The molecule has 0 saturated heterocycles. The van der Waals surface area contributed by atoms with E-state index in [9.17, 15) is 19.7 Å². The molecule has 4 rings (SSSR count). The highest BCUT2D eigenvalue weighted by Gasteiger charge is 2.33. The van der Waals surface area contributed by atoms with Crippen molar-refractivity contribution in [1.82, 2.24) is 5.32 Å². The highest BCUT2D eigenvalue weighted by molar-refractivity contribution is 7.80. The maximum atomic E-state index is 12.7. The van der Waals surface area contributed by atoms with Gasteiger partial charge in [-0.05, 0) is 66.6 Å². The number of nitro groups is 1. The quantitative estimate of drug-likeness (QED) is 0.233. The summed E-state index contributed by atoms with van der Waals surface area (Å²) in [6, 6.07) is 8.99. The van der Waals surface area contributed by atoms with Crippen molar-refractivity contribution in [3.05, 3.63) is 68.3 Å². The first-order valence-electron chi connectivity index (χ1n) is 11.4. The summed E-state index contributed by atoms with van der Waals surface area (Å²) in [7, 11) is 0. The Morgan fingerprint density at radius 2 is 1.94 bits per heavy atom. The SMILES string of the molecule is CC(C)(C)[C@@H]1CCc2c(sc(NC(=S)NC(=O)c3ccc(-c4ccccc4[N+](=O)[O-])o3)c2C(N)=O)C1. The number of nitrogens with zero attached hydrogens (tertiary/aromatic N) is 1. The normalized spacial score (nSPS) is 15.1. The zero-order valence-corrected chi connectivity index (χ0v) is 21.7. The van der Waals surface area contributed by atoms with E-state index in [4.69, 9.17) is 22.4 Å². The number of amides is 2. The molecule has 0 saturated carbocycles. The number of thiophene rings is 1. The molecule has 11 heteroatoms. The van der Waals surface area contributed by atoms with Crippen molar-refractivity contribution in [2.24, 2.45) is 17.1 Å². The van der Waals surface area contributed by atoms with Crippen LogP contribution in [0.25, 0.3) is 11.3 Å². The fourth-order valence-electron chi connectivity index (χ4n) is 4.42. The van der Waals surface area contributed by atoms with E-state index < -0.39 is 16.7 Å². The van der Waals surface area contributed by atoms with Gasteiger partial charge in [0.2, 0.25) is 0 Å². The maximum absolute atomic E-state index is 12.7. The summed E-state index contributed by atoms with van der Waals surface area (Å²) >= 11 is 6.75. The number of carbonyl (C=O) groups is 2. The van der Waals surface area contributed by atoms with Crippen LogP contribution in [0, 0.1) is 21.4 Å². The lowest BCUT2D eigenvalue weighted by Crippen LogP contribution is -2.34. The lowest BCUT2D eigenvalue weighted by Gasteiger charge is -2.33. The van der Waals surface area contributed by atoms with Crippen LogP contribution in [0.15, 0.2) is 40.8 Å². The predicted octanol–water partition coefficient (Wildman–Crippen LogP) is 5.29. The molecule has 0 radical (unpaired) electrons. The zero-order chi connectivity index (χ0) is 26.2. The molecule has 0 aliphatic heterocycles. The maximum Gasteiger partial charge on any atom is 0.293 e. The summed E-state index contributed by atoms with van der Waals surface area (Å²) < 4.78 is 5.57. The minimum absolute atomic E-state index is 0.0166. The lowest BCUT2D eigenvalue weighted by atomic mass is 9.72. The molecule has 0 unspecified atom stereocenters. The number of hydrogen-bond donors (Lipinski definition) is 3. The number of nitrogens with two attached hydrogens (primary N) is 1. The summed E-state index contributed by atoms with van der Waals surface area (Å²) in [6.45, 7) is 6.64. The topological polar surface area (TPSA) is 140 Å². The molecule has 2 heterocycles. The third-order valence-corrected chi connectivity index (χ3v) is 7.76. The second-order valence-corrected chi connectivity index (χ2v) is 11.2. The van der Waals surface area contributed by atoms with Gasteiger partial charge in [0, 0.05) is 10.9 Å². The minimum atomic E-state index is -0.632. The van der Waals surface area contributed by atoms with Gasteiger partial charge in [-0.25, -0.2) is 0 Å². The van der Waals surface area contributed by atoms with Crippen LogP contribution in [-0.2, 0) is 12.8 Å². The first-order chi connectivity index (χ1) is 17.0. The molecule has 1 atom stereocenters. The van der Waals surface area contributed by atoms with Gasteiger partial charge in [0.05, 0.1) is 16.1 Å². The number of hydrogen-bond acceptors (Lipinski definition) is 7. The number of carbonyl (C=O) groups excluding carboxylic acids is 2. The Morgan fingerprint density at radius 1 is 1.22 bits per heavy atom. The van der Waals surface area contributed by atoms with Crippen molar-refractivity contribution in [3.63, 3.8) is 0 Å². The Labute approximate surface area is 217 Å². The number of benzene rings is 1. The fourth-order valence-corrected chi connectivity index (χ4v) is 6.02. The molecule has 4 N–H and O–H groups in total. The number of nitro benzene ring substituents is 1. The number of rotatable bonds is 5. The second kappa shape index (κ2) is 9.82. The van der Waals surface area contributed by atoms with Crippen LogP contribution in [-0.4, -0.2) is 21.9 Å². The number of furan rings is 1. The summed E-state index contributed by atoms with van der Waals surface area (Å²) in [4.78, 5) is 36.9. The third kappa shape index (κ3) is 5.17. The summed E-state index contributed by atoms with van der Waals surface area (Å²) in [5.74, 6) is -0.578. The summed E-state index contributed by atoms with van der Waals surface area (Å²) in [5, 5.41) is 17.3. The van der Waals surface area contributed by atoms with E-state index in [1.165, 1.54) is 29.5 Å². The number of thiocarbonyl (C=S) groups is 1. The van der Waals surface area contributed by atoms with Crippen LogP contribution >= 0.6 is 23.6 Å². The predicted molar refractivity (Wildman–Crippen MR) is 142 cm³/mol. The second-order valence-electron chi connectivity index (χ2n) is 9.72. The molecular formula is C25H26N4O5S2. The van der Waals surface area contributed by atoms with Gasteiger partial charge in [-0.3, -0.25) is 25.0 Å². The number of nitrogens with one attached hydrogen (secondary N) is 2. The van der Waals surface area contributed by atoms with E-state index in [1.807, 2.05) is 0 Å². The summed E-state index contributed by atoms with van der Waals surface area (Å²) in [5.41, 5.74) is 7.33. The van der Waals surface area contributed by atoms with Gasteiger partial charge in [0.25, 0.3) is 17.5 Å². The molecule has 2 aromatic heterocycles. The van der Waals surface area contributed by atoms with E-state index in [1.54, 1.807) is 18.2 Å². The van der Waals surface area contributed by atoms with E-state index in [2.05, 4.69) is 31.4 Å². The number of anilines is 1. The van der Waals surface area contributed by atoms with Gasteiger partial charge >= 0.3 is 0 Å². The first-order valence-corrected chi connectivity index (χ1v) is 12.6. The van der Waals surface area contributed by atoms with Gasteiger partial charge in [-0.1, -0.05) is 32.9 Å². The monoisotopic (exact) mass is 526 g/mol. The molecule has 188 valence electrons. The zero-order valence-electron chi connectivity index (χ0n) is 20.0. The van der Waals surface area contributed by atoms with Crippen LogP contribution in [0.2, 0.25) is 0 Å². The van der Waals surface area contributed by atoms with Crippen LogP contribution in [0.1, 0.15) is 58.5 Å². The van der Waals surface area contributed by atoms with Crippen molar-refractivity contribution in [2.75, 3.05) is 5.32 Å². The third-order valence-electron chi connectivity index (χ3n) is 6.39. The van der Waals surface area contributed by atoms with Crippen molar-refractivity contribution in [2.45, 2.75) is 40.0 Å². The van der Waals surface area contributed by atoms with Crippen LogP contribution in [0.3, 0.4) is 0 Å². The largest absolute Gasteiger partial charge is 0.451 e. The van der Waals surface area contributed by atoms with E-state index >= 15 is 0 Å². The van der Waals surface area contributed by atoms with E-state index in [-0.39, 0.29) is 33.3 Å². The van der Waals surface area contributed by atoms with Crippen LogP contribution < -0.4 is 16.4 Å². The number of fused-ring (bicyclic) bond motifs is 1. The van der Waals surface area contributed by atoms with Gasteiger partial charge in [0.15, 0.2) is 10.9 Å². The van der Waals surface area contributed by atoms with Crippen LogP contribution in [0.4, 0.5) is 10.7 Å². The molecule has 36 heavy (non-hydrogen) atoms. The van der Waals surface area contributed by atoms with Gasteiger partial charge in [0.1, 0.15) is 10.8 Å². The smallest absolute Gasteiger partial charge is 0.293 e. The Hall–Kier alpha value is -3.57. The van der Waals surface area contributed by atoms with Gasteiger partial charge < -0.3 is 15.5 Å².